The number of anilines is 1. The number of para-hydroxylation sites is 1. The fraction of sp³-hybridized carbons (Fsp3) is 0.462. The standard InChI is InChI=1S/C13H17N3O3/c1-2-14-12-10(6-5-7-11(12)16(18)19)13(17)15-8-3-4-9-15/h5-7,14H,2-4,8-9H2,1H3. The number of likely N-dealkylation sites (tertiary alicyclic amines) is 1. The molecule has 0 aromatic heterocycles. The van der Waals surface area contributed by atoms with E-state index in [2.05, 4.69) is 5.32 Å². The Morgan fingerprint density at radius 1 is 1.42 bits per heavy atom. The van der Waals surface area contributed by atoms with Gasteiger partial charge in [-0.3, -0.25) is 14.9 Å². The van der Waals surface area contributed by atoms with Crippen molar-refractivity contribution in [3.63, 3.8) is 0 Å². The number of nitro groups is 1. The van der Waals surface area contributed by atoms with Crippen molar-refractivity contribution in [3.05, 3.63) is 33.9 Å². The molecule has 6 nitrogen and oxygen atoms in total. The Hall–Kier alpha value is -2.11. The zero-order valence-electron chi connectivity index (χ0n) is 10.9. The molecule has 102 valence electrons. The molecule has 0 radical (unpaired) electrons. The van der Waals surface area contributed by atoms with E-state index in [0.29, 0.717) is 17.8 Å². The van der Waals surface area contributed by atoms with Gasteiger partial charge in [-0.25, -0.2) is 0 Å². The number of nitrogens with zero attached hydrogens (tertiary/aromatic N) is 2. The fourth-order valence-corrected chi connectivity index (χ4v) is 2.32. The number of hydrogen-bond donors (Lipinski definition) is 1. The topological polar surface area (TPSA) is 75.5 Å². The van der Waals surface area contributed by atoms with Gasteiger partial charge in [0.1, 0.15) is 5.69 Å². The lowest BCUT2D eigenvalue weighted by atomic mass is 10.1. The maximum Gasteiger partial charge on any atom is 0.293 e. The number of nitro benzene ring substituents is 1. The number of nitrogens with one attached hydrogen (secondary N) is 1. The van der Waals surface area contributed by atoms with Crippen LogP contribution in [0.25, 0.3) is 0 Å². The van der Waals surface area contributed by atoms with Gasteiger partial charge in [0, 0.05) is 25.7 Å². The number of rotatable bonds is 4. The number of benzene rings is 1. The van der Waals surface area contributed by atoms with Crippen LogP contribution < -0.4 is 5.32 Å². The molecule has 1 aromatic rings. The van der Waals surface area contributed by atoms with Crippen molar-refractivity contribution in [2.45, 2.75) is 19.8 Å². The van der Waals surface area contributed by atoms with Crippen molar-refractivity contribution < 1.29 is 9.72 Å². The zero-order valence-corrected chi connectivity index (χ0v) is 10.9. The molecule has 0 aliphatic carbocycles. The lowest BCUT2D eigenvalue weighted by Crippen LogP contribution is -2.28. The summed E-state index contributed by atoms with van der Waals surface area (Å²) in [5.41, 5.74) is 0.664. The minimum absolute atomic E-state index is 0.0492. The van der Waals surface area contributed by atoms with Gasteiger partial charge in [-0.05, 0) is 25.8 Å². The van der Waals surface area contributed by atoms with Crippen LogP contribution in [0.1, 0.15) is 30.1 Å². The Kier molecular flexibility index (Phi) is 3.99. The van der Waals surface area contributed by atoms with E-state index >= 15 is 0 Å². The molecule has 19 heavy (non-hydrogen) atoms. The van der Waals surface area contributed by atoms with E-state index in [0.717, 1.165) is 25.9 Å². The second kappa shape index (κ2) is 5.69. The molecule has 1 aromatic carbocycles. The molecule has 1 aliphatic heterocycles. The van der Waals surface area contributed by atoms with Gasteiger partial charge in [0.15, 0.2) is 0 Å². The first-order chi connectivity index (χ1) is 9.15. The van der Waals surface area contributed by atoms with Crippen molar-refractivity contribution in [2.75, 3.05) is 25.0 Å². The Morgan fingerprint density at radius 3 is 2.68 bits per heavy atom. The van der Waals surface area contributed by atoms with Crippen LogP contribution in [-0.2, 0) is 0 Å². The molecular weight excluding hydrogens is 246 g/mol. The molecule has 6 heteroatoms. The predicted octanol–water partition coefficient (Wildman–Crippen LogP) is 2.26. The second-order valence-electron chi connectivity index (χ2n) is 4.49. The summed E-state index contributed by atoms with van der Waals surface area (Å²) < 4.78 is 0. The Balaban J connectivity index is 2.40. The number of carbonyl (C=O) groups excluding carboxylic acids is 1. The maximum absolute atomic E-state index is 12.4. The van der Waals surface area contributed by atoms with Gasteiger partial charge >= 0.3 is 0 Å². The van der Waals surface area contributed by atoms with Gasteiger partial charge in [-0.2, -0.15) is 0 Å². The molecule has 0 unspecified atom stereocenters. The summed E-state index contributed by atoms with van der Waals surface area (Å²) in [6.45, 7) is 3.84. The predicted molar refractivity (Wildman–Crippen MR) is 72.4 cm³/mol. The average Bonchev–Trinajstić information content (AvgIpc) is 2.92. The van der Waals surface area contributed by atoms with E-state index in [1.165, 1.54) is 6.07 Å². The molecule has 1 aliphatic rings. The largest absolute Gasteiger partial charge is 0.379 e. The van der Waals surface area contributed by atoms with Gasteiger partial charge in [0.25, 0.3) is 11.6 Å². The van der Waals surface area contributed by atoms with E-state index < -0.39 is 4.92 Å². The third kappa shape index (κ3) is 2.67. The first-order valence-corrected chi connectivity index (χ1v) is 6.45. The summed E-state index contributed by atoms with van der Waals surface area (Å²) >= 11 is 0. The number of amides is 1. The van der Waals surface area contributed by atoms with Crippen LogP contribution in [-0.4, -0.2) is 35.4 Å². The smallest absolute Gasteiger partial charge is 0.293 e. The minimum Gasteiger partial charge on any atom is -0.379 e. The van der Waals surface area contributed by atoms with Crippen molar-refractivity contribution in [2.24, 2.45) is 0 Å². The summed E-state index contributed by atoms with van der Waals surface area (Å²) in [6, 6.07) is 4.62. The molecule has 0 saturated carbocycles. The van der Waals surface area contributed by atoms with Crippen LogP contribution in [0.15, 0.2) is 18.2 Å². The van der Waals surface area contributed by atoms with E-state index in [1.54, 1.807) is 17.0 Å². The molecule has 0 spiro atoms. The summed E-state index contributed by atoms with van der Waals surface area (Å²) in [4.78, 5) is 24.7. The molecule has 1 amide bonds. The average molecular weight is 263 g/mol. The lowest BCUT2D eigenvalue weighted by Gasteiger charge is -2.17. The van der Waals surface area contributed by atoms with Gasteiger partial charge in [-0.1, -0.05) is 6.07 Å². The molecular formula is C13H17N3O3. The highest BCUT2D eigenvalue weighted by atomic mass is 16.6. The Bertz CT molecular complexity index is 496. The highest BCUT2D eigenvalue weighted by Crippen LogP contribution is 2.29. The number of hydrogen-bond acceptors (Lipinski definition) is 4. The molecule has 1 N–H and O–H groups in total. The minimum atomic E-state index is -0.460. The van der Waals surface area contributed by atoms with Crippen LogP contribution in [0.2, 0.25) is 0 Å². The van der Waals surface area contributed by atoms with Gasteiger partial charge in [0.05, 0.1) is 10.5 Å². The van der Waals surface area contributed by atoms with Crippen molar-refractivity contribution in [1.29, 1.82) is 0 Å². The van der Waals surface area contributed by atoms with Gasteiger partial charge in [0.2, 0.25) is 0 Å². The van der Waals surface area contributed by atoms with E-state index in [9.17, 15) is 14.9 Å². The van der Waals surface area contributed by atoms with Gasteiger partial charge < -0.3 is 10.2 Å². The van der Waals surface area contributed by atoms with Gasteiger partial charge in [-0.15, -0.1) is 0 Å². The monoisotopic (exact) mass is 263 g/mol. The second-order valence-corrected chi connectivity index (χ2v) is 4.49. The SMILES string of the molecule is CCNc1c(C(=O)N2CCCC2)cccc1[N+](=O)[O-]. The third-order valence-corrected chi connectivity index (χ3v) is 3.22. The fourth-order valence-electron chi connectivity index (χ4n) is 2.32. The molecule has 1 fully saturated rings. The molecule has 0 atom stereocenters. The summed E-state index contributed by atoms with van der Waals surface area (Å²) in [6.07, 6.45) is 1.99. The quantitative estimate of drug-likeness (QED) is 0.667. The molecule has 1 heterocycles. The highest BCUT2D eigenvalue weighted by molar-refractivity contribution is 6.01. The van der Waals surface area contributed by atoms with Crippen LogP contribution in [0.5, 0.6) is 0 Å². The maximum atomic E-state index is 12.4. The van der Waals surface area contributed by atoms with E-state index in [1.807, 2.05) is 6.92 Å². The zero-order chi connectivity index (χ0) is 13.8. The van der Waals surface area contributed by atoms with Crippen LogP contribution in [0, 0.1) is 10.1 Å². The lowest BCUT2D eigenvalue weighted by molar-refractivity contribution is -0.384. The van der Waals surface area contributed by atoms with E-state index in [4.69, 9.17) is 0 Å². The van der Waals surface area contributed by atoms with Crippen LogP contribution in [0.3, 0.4) is 0 Å². The first kappa shape index (κ1) is 13.3. The highest BCUT2D eigenvalue weighted by Gasteiger charge is 2.26. The van der Waals surface area contributed by atoms with Crippen LogP contribution in [0.4, 0.5) is 11.4 Å². The van der Waals surface area contributed by atoms with Crippen molar-refractivity contribution in [3.8, 4) is 0 Å². The molecule has 1 saturated heterocycles. The summed E-state index contributed by atoms with van der Waals surface area (Å²) in [5.74, 6) is -0.128. The first-order valence-electron chi connectivity index (χ1n) is 6.45. The van der Waals surface area contributed by atoms with E-state index in [-0.39, 0.29) is 11.6 Å². The van der Waals surface area contributed by atoms with Crippen molar-refractivity contribution in [1.82, 2.24) is 4.90 Å². The number of carbonyl (C=O) groups is 1. The van der Waals surface area contributed by atoms with Crippen molar-refractivity contribution >= 4 is 17.3 Å². The third-order valence-electron chi connectivity index (χ3n) is 3.22. The normalized spacial score (nSPS) is 14.5. The molecule has 2 rings (SSSR count). The summed E-state index contributed by atoms with van der Waals surface area (Å²) in [5, 5.41) is 14.0. The molecule has 0 bridgehead atoms. The summed E-state index contributed by atoms with van der Waals surface area (Å²) in [7, 11) is 0. The Morgan fingerprint density at radius 2 is 2.11 bits per heavy atom. The Labute approximate surface area is 111 Å². The van der Waals surface area contributed by atoms with Crippen LogP contribution >= 0.6 is 0 Å².